The summed E-state index contributed by atoms with van der Waals surface area (Å²) in [5.41, 5.74) is 1.37. The van der Waals surface area contributed by atoms with Gasteiger partial charge in [0.25, 0.3) is 5.91 Å². The van der Waals surface area contributed by atoms with E-state index in [0.717, 1.165) is 18.5 Å². The van der Waals surface area contributed by atoms with Crippen LogP contribution in [0.4, 0.5) is 0 Å². The average molecular weight is 251 g/mol. The number of nitrogens with zero attached hydrogens (tertiary/aromatic N) is 2. The molecule has 0 bridgehead atoms. The largest absolute Gasteiger partial charge is 0.332 e. The monoisotopic (exact) mass is 250 g/mol. The first kappa shape index (κ1) is 12.1. The molecule has 1 heterocycles. The molecule has 1 aliphatic rings. The number of hydrogen-bond donors (Lipinski definition) is 0. The SMILES string of the molecule is C=CCN(C(=O)c1cc(C)nc(Cl)c1)C1CC1. The van der Waals surface area contributed by atoms with E-state index in [4.69, 9.17) is 11.6 Å². The Morgan fingerprint density at radius 1 is 1.65 bits per heavy atom. The molecule has 1 saturated carbocycles. The van der Waals surface area contributed by atoms with Crippen molar-refractivity contribution in [3.63, 3.8) is 0 Å². The van der Waals surface area contributed by atoms with Crippen molar-refractivity contribution in [2.75, 3.05) is 6.54 Å². The lowest BCUT2D eigenvalue weighted by Gasteiger charge is -2.20. The van der Waals surface area contributed by atoms with Crippen molar-refractivity contribution in [3.05, 3.63) is 41.2 Å². The topological polar surface area (TPSA) is 33.2 Å². The van der Waals surface area contributed by atoms with E-state index in [1.807, 2.05) is 11.8 Å². The molecule has 0 aliphatic heterocycles. The molecule has 3 nitrogen and oxygen atoms in total. The fourth-order valence-electron chi connectivity index (χ4n) is 1.84. The smallest absolute Gasteiger partial charge is 0.254 e. The molecule has 0 radical (unpaired) electrons. The van der Waals surface area contributed by atoms with Gasteiger partial charge >= 0.3 is 0 Å². The Labute approximate surface area is 106 Å². The maximum absolute atomic E-state index is 12.3. The zero-order chi connectivity index (χ0) is 12.4. The highest BCUT2D eigenvalue weighted by atomic mass is 35.5. The van der Waals surface area contributed by atoms with Gasteiger partial charge in [-0.15, -0.1) is 6.58 Å². The number of carbonyl (C=O) groups excluding carboxylic acids is 1. The molecule has 0 N–H and O–H groups in total. The molecule has 0 aromatic carbocycles. The predicted octanol–water partition coefficient (Wildman–Crippen LogP) is 2.83. The molecule has 1 aliphatic carbocycles. The standard InChI is InChI=1S/C13H15ClN2O/c1-3-6-16(11-4-5-11)13(17)10-7-9(2)15-12(14)8-10/h3,7-8,11H,1,4-6H2,2H3. The third-order valence-corrected chi connectivity index (χ3v) is 2.94. The molecular weight excluding hydrogens is 236 g/mol. The number of carbonyl (C=O) groups is 1. The van der Waals surface area contributed by atoms with Gasteiger partial charge in [-0.1, -0.05) is 17.7 Å². The van der Waals surface area contributed by atoms with E-state index in [0.29, 0.717) is 23.3 Å². The summed E-state index contributed by atoms with van der Waals surface area (Å²) in [5.74, 6) is 0.0137. The Morgan fingerprint density at radius 3 is 2.88 bits per heavy atom. The highest BCUT2D eigenvalue weighted by Gasteiger charge is 2.32. The minimum atomic E-state index is 0.0137. The molecule has 1 aromatic heterocycles. The summed E-state index contributed by atoms with van der Waals surface area (Å²) in [5, 5.41) is 0.364. The van der Waals surface area contributed by atoms with Crippen LogP contribution in [0.25, 0.3) is 0 Å². The third kappa shape index (κ3) is 2.86. The first-order chi connectivity index (χ1) is 8.11. The van der Waals surface area contributed by atoms with Gasteiger partial charge in [0.15, 0.2) is 0 Å². The van der Waals surface area contributed by atoms with Crippen LogP contribution in [0.1, 0.15) is 28.9 Å². The Morgan fingerprint density at radius 2 is 2.35 bits per heavy atom. The van der Waals surface area contributed by atoms with Crippen LogP contribution in [0.15, 0.2) is 24.8 Å². The van der Waals surface area contributed by atoms with Crippen molar-refractivity contribution in [1.82, 2.24) is 9.88 Å². The van der Waals surface area contributed by atoms with E-state index in [-0.39, 0.29) is 5.91 Å². The van der Waals surface area contributed by atoms with Crippen LogP contribution in [0, 0.1) is 6.92 Å². The van der Waals surface area contributed by atoms with Gasteiger partial charge in [-0.3, -0.25) is 4.79 Å². The van der Waals surface area contributed by atoms with E-state index in [1.165, 1.54) is 0 Å². The second-order valence-electron chi connectivity index (χ2n) is 4.30. The lowest BCUT2D eigenvalue weighted by molar-refractivity contribution is 0.0762. The summed E-state index contributed by atoms with van der Waals surface area (Å²) < 4.78 is 0. The molecule has 1 amide bonds. The number of amides is 1. The van der Waals surface area contributed by atoms with E-state index >= 15 is 0 Å². The van der Waals surface area contributed by atoms with Gasteiger partial charge in [-0.2, -0.15) is 0 Å². The number of halogens is 1. The zero-order valence-electron chi connectivity index (χ0n) is 9.82. The molecule has 0 spiro atoms. The minimum absolute atomic E-state index is 0.0137. The summed E-state index contributed by atoms with van der Waals surface area (Å²) in [6, 6.07) is 3.76. The van der Waals surface area contributed by atoms with Crippen molar-refractivity contribution < 1.29 is 4.79 Å². The summed E-state index contributed by atoms with van der Waals surface area (Å²) in [6.45, 7) is 6.11. The molecular formula is C13H15ClN2O. The van der Waals surface area contributed by atoms with Crippen LogP contribution >= 0.6 is 11.6 Å². The zero-order valence-corrected chi connectivity index (χ0v) is 10.6. The number of aromatic nitrogens is 1. The predicted molar refractivity (Wildman–Crippen MR) is 68.2 cm³/mol. The van der Waals surface area contributed by atoms with Gasteiger partial charge in [-0.05, 0) is 31.9 Å². The van der Waals surface area contributed by atoms with E-state index < -0.39 is 0 Å². The molecule has 90 valence electrons. The molecule has 0 unspecified atom stereocenters. The van der Waals surface area contributed by atoms with Crippen molar-refractivity contribution in [2.45, 2.75) is 25.8 Å². The average Bonchev–Trinajstić information content (AvgIpc) is 3.07. The first-order valence-electron chi connectivity index (χ1n) is 5.68. The highest BCUT2D eigenvalue weighted by Crippen LogP contribution is 2.28. The van der Waals surface area contributed by atoms with Crippen molar-refractivity contribution in [3.8, 4) is 0 Å². The Balaban J connectivity index is 2.24. The lowest BCUT2D eigenvalue weighted by Crippen LogP contribution is -2.33. The summed E-state index contributed by atoms with van der Waals surface area (Å²) >= 11 is 5.87. The van der Waals surface area contributed by atoms with Gasteiger partial charge in [0, 0.05) is 23.8 Å². The lowest BCUT2D eigenvalue weighted by atomic mass is 10.2. The van der Waals surface area contributed by atoms with Crippen molar-refractivity contribution >= 4 is 17.5 Å². The van der Waals surface area contributed by atoms with Crippen molar-refractivity contribution in [1.29, 1.82) is 0 Å². The number of rotatable bonds is 4. The molecule has 1 aromatic rings. The maximum Gasteiger partial charge on any atom is 0.254 e. The van der Waals surface area contributed by atoms with Gasteiger partial charge in [0.1, 0.15) is 5.15 Å². The van der Waals surface area contributed by atoms with E-state index in [2.05, 4.69) is 11.6 Å². The molecule has 1 fully saturated rings. The second-order valence-corrected chi connectivity index (χ2v) is 4.68. The molecule has 0 atom stereocenters. The van der Waals surface area contributed by atoms with E-state index in [1.54, 1.807) is 18.2 Å². The Bertz CT molecular complexity index is 434. The van der Waals surface area contributed by atoms with Gasteiger partial charge in [-0.25, -0.2) is 4.98 Å². The number of aryl methyl sites for hydroxylation is 1. The Kier molecular flexibility index (Phi) is 3.48. The van der Waals surface area contributed by atoms with Gasteiger partial charge in [0.05, 0.1) is 0 Å². The molecule has 2 rings (SSSR count). The normalized spacial score (nSPS) is 14.5. The number of hydrogen-bond acceptors (Lipinski definition) is 2. The Hall–Kier alpha value is -1.35. The highest BCUT2D eigenvalue weighted by molar-refractivity contribution is 6.29. The maximum atomic E-state index is 12.3. The molecule has 17 heavy (non-hydrogen) atoms. The van der Waals surface area contributed by atoms with Crippen LogP contribution in [0.2, 0.25) is 5.15 Å². The van der Waals surface area contributed by atoms with Crippen molar-refractivity contribution in [2.24, 2.45) is 0 Å². The second kappa shape index (κ2) is 4.88. The fraction of sp³-hybridized carbons (Fsp3) is 0.385. The van der Waals surface area contributed by atoms with Crippen LogP contribution in [0.3, 0.4) is 0 Å². The quantitative estimate of drug-likeness (QED) is 0.608. The first-order valence-corrected chi connectivity index (χ1v) is 6.05. The van der Waals surface area contributed by atoms with Crippen LogP contribution < -0.4 is 0 Å². The van der Waals surface area contributed by atoms with E-state index in [9.17, 15) is 4.79 Å². The van der Waals surface area contributed by atoms with Crippen LogP contribution in [-0.2, 0) is 0 Å². The molecule has 4 heteroatoms. The van der Waals surface area contributed by atoms with Gasteiger partial charge in [0.2, 0.25) is 0 Å². The summed E-state index contributed by atoms with van der Waals surface area (Å²) in [4.78, 5) is 18.2. The van der Waals surface area contributed by atoms with Crippen LogP contribution in [-0.4, -0.2) is 28.4 Å². The summed E-state index contributed by atoms with van der Waals surface area (Å²) in [7, 11) is 0. The van der Waals surface area contributed by atoms with Gasteiger partial charge < -0.3 is 4.90 Å². The minimum Gasteiger partial charge on any atom is -0.332 e. The molecule has 0 saturated heterocycles. The third-order valence-electron chi connectivity index (χ3n) is 2.74. The number of pyridine rings is 1. The summed E-state index contributed by atoms with van der Waals surface area (Å²) in [6.07, 6.45) is 3.92. The van der Waals surface area contributed by atoms with Crippen LogP contribution in [0.5, 0.6) is 0 Å². The fourth-order valence-corrected chi connectivity index (χ4v) is 2.09.